The van der Waals surface area contributed by atoms with E-state index in [2.05, 4.69) is 22.5 Å². The Morgan fingerprint density at radius 1 is 1.42 bits per heavy atom. The summed E-state index contributed by atoms with van der Waals surface area (Å²) < 4.78 is 5.47. The zero-order chi connectivity index (χ0) is 13.9. The average molecular weight is 264 g/mol. The first-order chi connectivity index (χ1) is 9.27. The van der Waals surface area contributed by atoms with Crippen molar-refractivity contribution >= 4 is 0 Å². The molecule has 19 heavy (non-hydrogen) atoms. The Kier molecular flexibility index (Phi) is 7.04. The van der Waals surface area contributed by atoms with E-state index in [0.29, 0.717) is 6.61 Å². The third-order valence-electron chi connectivity index (χ3n) is 2.51. The second kappa shape index (κ2) is 8.93. The van der Waals surface area contributed by atoms with E-state index in [0.717, 1.165) is 36.3 Å². The quantitative estimate of drug-likeness (QED) is 0.360. The fourth-order valence-corrected chi connectivity index (χ4v) is 1.65. The lowest BCUT2D eigenvalue weighted by Crippen LogP contribution is -2.05. The molecule has 0 aliphatic carbocycles. The molecule has 0 aliphatic rings. The Morgan fingerprint density at radius 3 is 2.95 bits per heavy atom. The van der Waals surface area contributed by atoms with Crippen LogP contribution < -0.4 is 16.0 Å². The Labute approximate surface area is 112 Å². The molecule has 0 aliphatic heterocycles. The van der Waals surface area contributed by atoms with Gasteiger partial charge in [-0.2, -0.15) is 0 Å². The van der Waals surface area contributed by atoms with E-state index < -0.39 is 0 Å². The van der Waals surface area contributed by atoms with Crippen LogP contribution in [0.3, 0.4) is 0 Å². The van der Waals surface area contributed by atoms with Gasteiger partial charge in [0.25, 0.3) is 0 Å². The number of para-hydroxylation sites is 1. The number of nitrogens with two attached hydrogens (primary N) is 1. The topological polar surface area (TPSA) is 92.2 Å². The van der Waals surface area contributed by atoms with E-state index in [1.165, 1.54) is 0 Å². The van der Waals surface area contributed by atoms with Gasteiger partial charge in [-0.25, -0.2) is 0 Å². The van der Waals surface area contributed by atoms with Crippen LogP contribution in [0.25, 0.3) is 0 Å². The Bertz CT molecular complexity index is 421. The number of aliphatic hydroxyl groups is 1. The maximum Gasteiger partial charge on any atom is 0.122 e. The molecule has 0 unspecified atom stereocenters. The van der Waals surface area contributed by atoms with E-state index >= 15 is 0 Å². The van der Waals surface area contributed by atoms with Gasteiger partial charge in [0.05, 0.1) is 6.61 Å². The van der Waals surface area contributed by atoms with Gasteiger partial charge in [0.2, 0.25) is 0 Å². The smallest absolute Gasteiger partial charge is 0.122 e. The minimum absolute atomic E-state index is 0.0130. The number of nitrogens with zero attached hydrogens (tertiary/aromatic N) is 2. The highest BCUT2D eigenvalue weighted by atomic mass is 16.5. The van der Waals surface area contributed by atoms with Crippen molar-refractivity contribution in [1.82, 2.24) is 5.43 Å². The number of ether oxygens (including phenoxy) is 1. The second-order valence-electron chi connectivity index (χ2n) is 3.96. The van der Waals surface area contributed by atoms with Crippen molar-refractivity contribution in [2.45, 2.75) is 19.3 Å². The van der Waals surface area contributed by atoms with Gasteiger partial charge in [0, 0.05) is 5.70 Å². The lowest BCUT2D eigenvalue weighted by molar-refractivity contribution is 0.200. The largest absolute Gasteiger partial charge is 0.491 e. The first kappa shape index (κ1) is 15.0. The number of benzene rings is 1. The predicted octanol–water partition coefficient (Wildman–Crippen LogP) is 1.72. The molecule has 1 rings (SSSR count). The average Bonchev–Trinajstić information content (AvgIpc) is 2.44. The molecule has 6 nitrogen and oxygen atoms in total. The van der Waals surface area contributed by atoms with Crippen LogP contribution in [0.1, 0.15) is 18.4 Å². The van der Waals surface area contributed by atoms with Crippen LogP contribution in [-0.4, -0.2) is 18.3 Å². The summed E-state index contributed by atoms with van der Waals surface area (Å²) in [6, 6.07) is 7.80. The summed E-state index contributed by atoms with van der Waals surface area (Å²) in [6.07, 6.45) is 2.54. The molecule has 6 heteroatoms. The van der Waals surface area contributed by atoms with Gasteiger partial charge >= 0.3 is 0 Å². The van der Waals surface area contributed by atoms with Crippen LogP contribution in [0.5, 0.6) is 5.75 Å². The van der Waals surface area contributed by atoms with Gasteiger partial charge < -0.3 is 15.7 Å². The minimum atomic E-state index is 0.0130. The summed E-state index contributed by atoms with van der Waals surface area (Å²) in [6.45, 7) is 4.13. The molecule has 0 radical (unpaired) electrons. The number of allylic oxidation sites excluding steroid dienone is 1. The fraction of sp³-hybridized carbons (Fsp3) is 0.385. The number of aliphatic hydroxyl groups excluding tert-OH is 1. The molecule has 4 N–H and O–H groups in total. The monoisotopic (exact) mass is 264 g/mol. The molecule has 0 spiro atoms. The summed E-state index contributed by atoms with van der Waals surface area (Å²) in [5, 5.41) is 15.3. The molecule has 0 saturated carbocycles. The first-order valence-corrected chi connectivity index (χ1v) is 6.13. The molecule has 1 aromatic rings. The van der Waals surface area contributed by atoms with E-state index in [4.69, 9.17) is 15.7 Å². The van der Waals surface area contributed by atoms with Crippen LogP contribution >= 0.6 is 0 Å². The third kappa shape index (κ3) is 5.87. The summed E-state index contributed by atoms with van der Waals surface area (Å²) >= 11 is 0. The molecule has 0 atom stereocenters. The Morgan fingerprint density at radius 2 is 2.21 bits per heavy atom. The number of nitrogens with one attached hydrogen (secondary N) is 1. The van der Waals surface area contributed by atoms with Crippen LogP contribution in [0.15, 0.2) is 47.0 Å². The molecular formula is C13H20N4O2. The number of aryl methyl sites for hydroxylation is 1. The maximum atomic E-state index is 8.78. The lowest BCUT2D eigenvalue weighted by Gasteiger charge is -2.10. The van der Waals surface area contributed by atoms with Gasteiger partial charge in [-0.15, -0.1) is 0 Å². The molecule has 0 bridgehead atoms. The van der Waals surface area contributed by atoms with Crippen molar-refractivity contribution in [3.63, 3.8) is 0 Å². The van der Waals surface area contributed by atoms with Crippen molar-refractivity contribution in [1.29, 1.82) is 0 Å². The van der Waals surface area contributed by atoms with Crippen LogP contribution in [0.4, 0.5) is 0 Å². The number of hydrogen-bond acceptors (Lipinski definition) is 4. The van der Waals surface area contributed by atoms with E-state index in [1.54, 1.807) is 0 Å². The molecular weight excluding hydrogens is 244 g/mol. The highest BCUT2D eigenvalue weighted by molar-refractivity contribution is 5.33. The fourth-order valence-electron chi connectivity index (χ4n) is 1.65. The summed E-state index contributed by atoms with van der Waals surface area (Å²) in [5.74, 6) is 5.70. The summed E-state index contributed by atoms with van der Waals surface area (Å²) in [5.41, 5.74) is 4.52. The Hall–Kier alpha value is -2.08. The van der Waals surface area contributed by atoms with E-state index in [9.17, 15) is 0 Å². The Balaban J connectivity index is 2.41. The van der Waals surface area contributed by atoms with Crippen molar-refractivity contribution in [2.24, 2.45) is 16.3 Å². The highest BCUT2D eigenvalue weighted by Crippen LogP contribution is 2.20. The highest BCUT2D eigenvalue weighted by Gasteiger charge is 2.03. The second-order valence-corrected chi connectivity index (χ2v) is 3.96. The lowest BCUT2D eigenvalue weighted by atomic mass is 10.1. The van der Waals surface area contributed by atoms with Gasteiger partial charge in [0.1, 0.15) is 12.4 Å². The van der Waals surface area contributed by atoms with Gasteiger partial charge in [-0.05, 0) is 30.9 Å². The van der Waals surface area contributed by atoms with Crippen LogP contribution in [0, 0.1) is 0 Å². The normalized spacial score (nSPS) is 10.6. The molecule has 0 saturated heterocycles. The van der Waals surface area contributed by atoms with Gasteiger partial charge in [-0.3, -0.25) is 5.43 Å². The van der Waals surface area contributed by atoms with Gasteiger partial charge in [-0.1, -0.05) is 35.2 Å². The van der Waals surface area contributed by atoms with Crippen molar-refractivity contribution in [3.8, 4) is 5.75 Å². The van der Waals surface area contributed by atoms with Gasteiger partial charge in [0.15, 0.2) is 0 Å². The molecule has 1 aromatic carbocycles. The molecule has 0 amide bonds. The number of hydrogen-bond donors (Lipinski definition) is 3. The van der Waals surface area contributed by atoms with Crippen molar-refractivity contribution < 1.29 is 9.84 Å². The van der Waals surface area contributed by atoms with E-state index in [-0.39, 0.29) is 6.61 Å². The van der Waals surface area contributed by atoms with Crippen molar-refractivity contribution in [3.05, 3.63) is 42.1 Å². The zero-order valence-corrected chi connectivity index (χ0v) is 10.9. The standard InChI is InChI=1S/C13H20N4O2/c1-11(15-17-16-14)5-4-7-12-6-2-3-8-13(12)19-10-9-18/h2-3,6,8,18H,1,4-5,7,9-10H2,(H2,14,17)(H,15,16). The molecule has 0 fully saturated rings. The minimum Gasteiger partial charge on any atom is -0.491 e. The first-order valence-electron chi connectivity index (χ1n) is 6.13. The van der Waals surface area contributed by atoms with E-state index in [1.807, 2.05) is 24.3 Å². The summed E-state index contributed by atoms with van der Waals surface area (Å²) in [7, 11) is 0. The third-order valence-corrected chi connectivity index (χ3v) is 2.51. The molecule has 0 heterocycles. The molecule has 104 valence electrons. The van der Waals surface area contributed by atoms with Crippen LogP contribution in [-0.2, 0) is 6.42 Å². The van der Waals surface area contributed by atoms with Crippen molar-refractivity contribution in [2.75, 3.05) is 13.2 Å². The van der Waals surface area contributed by atoms with Crippen LogP contribution in [0.2, 0.25) is 0 Å². The number of rotatable bonds is 9. The molecule has 0 aromatic heterocycles. The maximum absolute atomic E-state index is 8.78. The summed E-state index contributed by atoms with van der Waals surface area (Å²) in [4.78, 5) is 0. The SMILES string of the molecule is C=C(CCCc1ccccc1OCCO)N/N=N\N. The predicted molar refractivity (Wildman–Crippen MR) is 73.3 cm³/mol. The zero-order valence-electron chi connectivity index (χ0n) is 10.9.